The molecule has 0 bridgehead atoms. The normalized spacial score (nSPS) is 20.2. The molecule has 3 heterocycles. The summed E-state index contributed by atoms with van der Waals surface area (Å²) in [7, 11) is 0. The Morgan fingerprint density at radius 2 is 2.21 bits per heavy atom. The Labute approximate surface area is 142 Å². The van der Waals surface area contributed by atoms with Gasteiger partial charge in [-0.25, -0.2) is 0 Å². The number of amides is 1. The minimum Gasteiger partial charge on any atom is -0.330 e. The average molecular weight is 324 g/mol. The van der Waals surface area contributed by atoms with Crippen LogP contribution in [-0.4, -0.2) is 34.1 Å². The summed E-state index contributed by atoms with van der Waals surface area (Å²) in [5.41, 5.74) is 6.64. The van der Waals surface area contributed by atoms with Crippen LogP contribution in [0.3, 0.4) is 0 Å². The zero-order valence-corrected chi connectivity index (χ0v) is 14.4. The Morgan fingerprint density at radius 3 is 3.08 bits per heavy atom. The lowest BCUT2D eigenvalue weighted by Gasteiger charge is -2.27. The van der Waals surface area contributed by atoms with Crippen LogP contribution in [0, 0.1) is 13.8 Å². The minimum absolute atomic E-state index is 0.0691. The summed E-state index contributed by atoms with van der Waals surface area (Å²) >= 11 is 0. The third-order valence-corrected chi connectivity index (χ3v) is 5.53. The fourth-order valence-electron chi connectivity index (χ4n) is 4.01. The molecule has 2 aliphatic heterocycles. The van der Waals surface area contributed by atoms with Gasteiger partial charge in [0.05, 0.1) is 6.04 Å². The Balaban J connectivity index is 1.66. The summed E-state index contributed by atoms with van der Waals surface area (Å²) in [5.74, 6) is 0.0691. The number of fused-ring (bicyclic) bond motifs is 1. The van der Waals surface area contributed by atoms with E-state index in [9.17, 15) is 4.79 Å². The second-order valence-electron chi connectivity index (χ2n) is 6.90. The number of H-pyrrole nitrogens is 1. The van der Waals surface area contributed by atoms with Crippen molar-refractivity contribution in [1.29, 1.82) is 0 Å². The van der Waals surface area contributed by atoms with Crippen molar-refractivity contribution < 1.29 is 4.79 Å². The molecule has 24 heavy (non-hydrogen) atoms. The molecule has 5 heteroatoms. The number of nitrogens with zero attached hydrogens (tertiary/aromatic N) is 2. The van der Waals surface area contributed by atoms with Crippen molar-refractivity contribution in [2.75, 3.05) is 13.1 Å². The van der Waals surface area contributed by atoms with Gasteiger partial charge in [-0.05, 0) is 43.4 Å². The first-order chi connectivity index (χ1) is 11.7. The fourth-order valence-corrected chi connectivity index (χ4v) is 4.01. The van der Waals surface area contributed by atoms with Crippen molar-refractivity contribution in [1.82, 2.24) is 20.4 Å². The molecule has 126 valence electrons. The van der Waals surface area contributed by atoms with Gasteiger partial charge >= 0.3 is 0 Å². The van der Waals surface area contributed by atoms with Crippen LogP contribution < -0.4 is 5.32 Å². The molecular weight excluding hydrogens is 300 g/mol. The van der Waals surface area contributed by atoms with Crippen molar-refractivity contribution in [3.8, 4) is 0 Å². The number of rotatable bonds is 2. The SMILES string of the molecule is Cc1cccc(C2CCCN2C(=O)c2n[nH]c3c2CNCC3)c1C. The third-order valence-electron chi connectivity index (χ3n) is 5.53. The number of aromatic nitrogens is 2. The number of likely N-dealkylation sites (tertiary alicyclic amines) is 1. The average Bonchev–Trinajstić information content (AvgIpc) is 3.23. The number of aromatic amines is 1. The van der Waals surface area contributed by atoms with Gasteiger partial charge in [0.2, 0.25) is 0 Å². The van der Waals surface area contributed by atoms with Crippen LogP contribution in [-0.2, 0) is 13.0 Å². The summed E-state index contributed by atoms with van der Waals surface area (Å²) in [6.45, 7) is 6.78. The second-order valence-corrected chi connectivity index (χ2v) is 6.90. The molecule has 0 radical (unpaired) electrons. The second kappa shape index (κ2) is 6.06. The molecule has 2 N–H and O–H groups in total. The molecule has 1 unspecified atom stereocenters. The van der Waals surface area contributed by atoms with Gasteiger partial charge in [0, 0.05) is 37.3 Å². The van der Waals surface area contributed by atoms with Gasteiger partial charge in [-0.15, -0.1) is 0 Å². The quantitative estimate of drug-likeness (QED) is 0.893. The highest BCUT2D eigenvalue weighted by Crippen LogP contribution is 2.36. The van der Waals surface area contributed by atoms with Crippen molar-refractivity contribution in [3.05, 3.63) is 51.8 Å². The first kappa shape index (κ1) is 15.4. The van der Waals surface area contributed by atoms with Crippen LogP contribution in [0.25, 0.3) is 0 Å². The maximum Gasteiger partial charge on any atom is 0.275 e. The lowest BCUT2D eigenvalue weighted by Crippen LogP contribution is -2.33. The maximum absolute atomic E-state index is 13.2. The molecule has 1 amide bonds. The highest BCUT2D eigenvalue weighted by atomic mass is 16.2. The third kappa shape index (κ3) is 2.44. The van der Waals surface area contributed by atoms with Crippen LogP contribution in [0.4, 0.5) is 0 Å². The predicted molar refractivity (Wildman–Crippen MR) is 92.9 cm³/mol. The van der Waals surface area contributed by atoms with Gasteiger partial charge in [0.25, 0.3) is 5.91 Å². The number of benzene rings is 1. The molecule has 0 spiro atoms. The molecule has 1 atom stereocenters. The summed E-state index contributed by atoms with van der Waals surface area (Å²) < 4.78 is 0. The smallest absolute Gasteiger partial charge is 0.275 e. The molecule has 4 rings (SSSR count). The molecule has 1 fully saturated rings. The van der Waals surface area contributed by atoms with E-state index in [2.05, 4.69) is 47.6 Å². The Bertz CT molecular complexity index is 780. The molecule has 0 aliphatic carbocycles. The van der Waals surface area contributed by atoms with Gasteiger partial charge in [0.15, 0.2) is 5.69 Å². The van der Waals surface area contributed by atoms with E-state index in [4.69, 9.17) is 0 Å². The van der Waals surface area contributed by atoms with Gasteiger partial charge in [-0.1, -0.05) is 18.2 Å². The fraction of sp³-hybridized carbons (Fsp3) is 0.474. The molecule has 1 aromatic heterocycles. The molecular formula is C19H24N4O. The summed E-state index contributed by atoms with van der Waals surface area (Å²) in [6.07, 6.45) is 2.99. The van der Waals surface area contributed by atoms with Crippen molar-refractivity contribution in [2.45, 2.75) is 45.7 Å². The number of carbonyl (C=O) groups excluding carboxylic acids is 1. The monoisotopic (exact) mass is 324 g/mol. The number of carbonyl (C=O) groups is 1. The lowest BCUT2D eigenvalue weighted by molar-refractivity contribution is 0.0728. The first-order valence-corrected chi connectivity index (χ1v) is 8.80. The van der Waals surface area contributed by atoms with Crippen LogP contribution >= 0.6 is 0 Å². The molecule has 2 aromatic rings. The van der Waals surface area contributed by atoms with Gasteiger partial charge in [-0.3, -0.25) is 9.89 Å². The van der Waals surface area contributed by atoms with Crippen LogP contribution in [0.1, 0.15) is 57.3 Å². The van der Waals surface area contributed by atoms with Gasteiger partial charge < -0.3 is 10.2 Å². The molecule has 1 saturated heterocycles. The number of aryl methyl sites for hydroxylation is 1. The first-order valence-electron chi connectivity index (χ1n) is 8.80. The Kier molecular flexibility index (Phi) is 3.88. The van der Waals surface area contributed by atoms with Crippen molar-refractivity contribution >= 4 is 5.91 Å². The van der Waals surface area contributed by atoms with E-state index >= 15 is 0 Å². The molecule has 0 saturated carbocycles. The van der Waals surface area contributed by atoms with Crippen molar-refractivity contribution in [3.63, 3.8) is 0 Å². The van der Waals surface area contributed by atoms with E-state index in [0.29, 0.717) is 5.69 Å². The van der Waals surface area contributed by atoms with Gasteiger partial charge in [0.1, 0.15) is 0 Å². The van der Waals surface area contributed by atoms with E-state index < -0.39 is 0 Å². The predicted octanol–water partition coefficient (Wildman–Crippen LogP) is 2.65. The van der Waals surface area contributed by atoms with Crippen LogP contribution in [0.5, 0.6) is 0 Å². The summed E-state index contributed by atoms with van der Waals surface area (Å²) in [6, 6.07) is 6.57. The summed E-state index contributed by atoms with van der Waals surface area (Å²) in [4.78, 5) is 15.2. The Morgan fingerprint density at radius 1 is 1.33 bits per heavy atom. The standard InChI is InChI=1S/C19H24N4O/c1-12-5-3-6-14(13(12)2)17-7-4-10-23(17)19(24)18-15-11-20-9-8-16(15)21-22-18/h3,5-6,17,20H,4,7-11H2,1-2H3,(H,21,22). The van der Waals surface area contributed by atoms with Crippen molar-refractivity contribution in [2.24, 2.45) is 0 Å². The lowest BCUT2D eigenvalue weighted by atomic mass is 9.95. The highest BCUT2D eigenvalue weighted by Gasteiger charge is 2.34. The zero-order chi connectivity index (χ0) is 16.7. The van der Waals surface area contributed by atoms with Crippen LogP contribution in [0.2, 0.25) is 0 Å². The van der Waals surface area contributed by atoms with E-state index in [1.54, 1.807) is 0 Å². The number of hydrogen-bond donors (Lipinski definition) is 2. The highest BCUT2D eigenvalue weighted by molar-refractivity contribution is 5.94. The number of hydrogen-bond acceptors (Lipinski definition) is 3. The topological polar surface area (TPSA) is 61.0 Å². The largest absolute Gasteiger partial charge is 0.330 e. The number of nitrogens with one attached hydrogen (secondary N) is 2. The van der Waals surface area contributed by atoms with Gasteiger partial charge in [-0.2, -0.15) is 5.10 Å². The molecule has 1 aromatic carbocycles. The molecule has 2 aliphatic rings. The maximum atomic E-state index is 13.2. The van der Waals surface area contributed by atoms with Crippen LogP contribution in [0.15, 0.2) is 18.2 Å². The molecule has 5 nitrogen and oxygen atoms in total. The van der Waals surface area contributed by atoms with E-state index in [-0.39, 0.29) is 11.9 Å². The Hall–Kier alpha value is -2.14. The minimum atomic E-state index is 0.0691. The van der Waals surface area contributed by atoms with E-state index in [1.807, 2.05) is 4.90 Å². The zero-order valence-electron chi connectivity index (χ0n) is 14.4. The summed E-state index contributed by atoms with van der Waals surface area (Å²) in [5, 5.41) is 10.8. The van der Waals surface area contributed by atoms with E-state index in [0.717, 1.165) is 50.2 Å². The van der Waals surface area contributed by atoms with E-state index in [1.165, 1.54) is 16.7 Å².